The van der Waals surface area contributed by atoms with Crippen molar-refractivity contribution in [3.63, 3.8) is 0 Å². The third kappa shape index (κ3) is 12.5. The molecule has 0 radical (unpaired) electrons. The largest absolute Gasteiger partial charge is 0.507 e. The highest BCUT2D eigenvalue weighted by atomic mass is 16.3. The van der Waals surface area contributed by atoms with Gasteiger partial charge in [0.25, 0.3) is 0 Å². The summed E-state index contributed by atoms with van der Waals surface area (Å²) in [6, 6.07) is 12.0. The van der Waals surface area contributed by atoms with E-state index in [4.69, 9.17) is 0 Å². The zero-order valence-corrected chi connectivity index (χ0v) is 42.2. The Labute approximate surface area is 380 Å². The number of benzene rings is 3. The van der Waals surface area contributed by atoms with Crippen molar-refractivity contribution < 1.29 is 29.7 Å². The number of amides is 2. The highest BCUT2D eigenvalue weighted by Gasteiger charge is 2.37. The van der Waals surface area contributed by atoms with Crippen LogP contribution in [0.2, 0.25) is 0 Å². The van der Waals surface area contributed by atoms with Crippen molar-refractivity contribution in [1.82, 2.24) is 15.1 Å². The first-order valence-electron chi connectivity index (χ1n) is 23.0. The molecule has 9 nitrogen and oxygen atoms in total. The lowest BCUT2D eigenvalue weighted by Crippen LogP contribution is -2.65. The van der Waals surface area contributed by atoms with E-state index in [0.717, 1.165) is 50.1 Å². The van der Waals surface area contributed by atoms with Crippen LogP contribution in [0.5, 0.6) is 17.2 Å². The second-order valence-corrected chi connectivity index (χ2v) is 24.3. The average Bonchev–Trinajstić information content (AvgIpc) is 3.13. The van der Waals surface area contributed by atoms with E-state index in [1.165, 1.54) is 4.90 Å². The summed E-state index contributed by atoms with van der Waals surface area (Å²) in [5, 5.41) is 37.2. The molecule has 1 atom stereocenters. The number of aromatic hydroxyl groups is 3. The van der Waals surface area contributed by atoms with E-state index in [0.29, 0.717) is 25.0 Å². The summed E-state index contributed by atoms with van der Waals surface area (Å²) in [6.07, 6.45) is 0.777. The number of carbonyl (C=O) groups excluding carboxylic acids is 3. The van der Waals surface area contributed by atoms with Crippen molar-refractivity contribution in [1.29, 1.82) is 0 Å². The van der Waals surface area contributed by atoms with E-state index in [9.17, 15) is 29.7 Å². The smallest absolute Gasteiger partial charge is 0.225 e. The number of phenolic OH excluding ortho intramolecular Hbond substituents is 3. The van der Waals surface area contributed by atoms with Crippen molar-refractivity contribution in [2.24, 2.45) is 0 Å². The highest BCUT2D eigenvalue weighted by Crippen LogP contribution is 2.43. The van der Waals surface area contributed by atoms with E-state index in [1.54, 1.807) is 4.90 Å². The van der Waals surface area contributed by atoms with Crippen molar-refractivity contribution >= 4 is 17.6 Å². The number of nitrogens with zero attached hydrogens (tertiary/aromatic N) is 2. The topological polar surface area (TPSA) is 130 Å². The summed E-state index contributed by atoms with van der Waals surface area (Å²) in [6.45, 7) is 37.2. The Hall–Kier alpha value is -4.37. The van der Waals surface area contributed by atoms with Crippen LogP contribution in [0.15, 0.2) is 36.4 Å². The van der Waals surface area contributed by atoms with Crippen LogP contribution in [0, 0.1) is 0 Å². The molecule has 3 aromatic rings. The summed E-state index contributed by atoms with van der Waals surface area (Å²) >= 11 is 0. The number of rotatable bonds is 10. The second-order valence-electron chi connectivity index (χ2n) is 24.3. The molecule has 1 fully saturated rings. The minimum absolute atomic E-state index is 0.0330. The lowest BCUT2D eigenvalue weighted by molar-refractivity contribution is -0.153. The number of aryl methyl sites for hydroxylation is 3. The number of hydrogen-bond acceptors (Lipinski definition) is 7. The normalized spacial score (nSPS) is 15.8. The average molecular weight is 868 g/mol. The third-order valence-corrected chi connectivity index (χ3v) is 12.4. The number of ketones is 1. The molecule has 1 saturated heterocycles. The molecule has 0 spiro atoms. The van der Waals surface area contributed by atoms with Crippen LogP contribution in [-0.4, -0.2) is 62.2 Å². The van der Waals surface area contributed by atoms with Gasteiger partial charge in [0.15, 0.2) is 5.78 Å². The van der Waals surface area contributed by atoms with Gasteiger partial charge in [0, 0.05) is 19.3 Å². The Morgan fingerprint density at radius 1 is 0.476 bits per heavy atom. The maximum absolute atomic E-state index is 14.5. The molecule has 1 unspecified atom stereocenters. The molecule has 9 heteroatoms. The first kappa shape index (κ1) is 51.3. The van der Waals surface area contributed by atoms with Crippen LogP contribution in [-0.2, 0) is 66.1 Å². The molecular weight excluding hydrogens is 787 g/mol. The molecule has 1 heterocycles. The third-order valence-electron chi connectivity index (χ3n) is 12.4. The Morgan fingerprint density at radius 2 is 0.746 bits per heavy atom. The van der Waals surface area contributed by atoms with Gasteiger partial charge in [0.05, 0.1) is 13.3 Å². The lowest BCUT2D eigenvalue weighted by Gasteiger charge is -2.41. The molecule has 63 heavy (non-hydrogen) atoms. The number of nitrogens with one attached hydrogen (secondary N) is 1. The van der Waals surface area contributed by atoms with Crippen LogP contribution >= 0.6 is 0 Å². The van der Waals surface area contributed by atoms with Gasteiger partial charge in [-0.15, -0.1) is 0 Å². The van der Waals surface area contributed by atoms with E-state index in [1.807, 2.05) is 36.4 Å². The van der Waals surface area contributed by atoms with E-state index >= 15 is 0 Å². The van der Waals surface area contributed by atoms with Gasteiger partial charge >= 0.3 is 0 Å². The molecule has 0 aromatic heterocycles. The molecule has 0 bridgehead atoms. The first-order valence-corrected chi connectivity index (χ1v) is 23.0. The van der Waals surface area contributed by atoms with Crippen molar-refractivity contribution in [2.45, 2.75) is 202 Å². The fourth-order valence-electron chi connectivity index (χ4n) is 8.45. The van der Waals surface area contributed by atoms with Crippen molar-refractivity contribution in [3.05, 3.63) is 86.5 Å². The minimum Gasteiger partial charge on any atom is -0.507 e. The van der Waals surface area contributed by atoms with E-state index < -0.39 is 6.17 Å². The van der Waals surface area contributed by atoms with Gasteiger partial charge in [-0.05, 0) is 102 Å². The summed E-state index contributed by atoms with van der Waals surface area (Å²) in [5.41, 5.74) is 5.87. The van der Waals surface area contributed by atoms with Crippen LogP contribution in [0.4, 0.5) is 0 Å². The van der Waals surface area contributed by atoms with Crippen LogP contribution in [0.25, 0.3) is 0 Å². The van der Waals surface area contributed by atoms with Gasteiger partial charge < -0.3 is 25.1 Å². The van der Waals surface area contributed by atoms with Gasteiger partial charge in [0.1, 0.15) is 23.4 Å². The molecule has 4 N–H and O–H groups in total. The molecule has 0 aliphatic carbocycles. The molecule has 1 aliphatic heterocycles. The van der Waals surface area contributed by atoms with Crippen molar-refractivity contribution in [2.75, 3.05) is 13.3 Å². The number of Topliss-reactive ketones (excluding diaryl/α,β-unsaturated/α-hetero) is 1. The second kappa shape index (κ2) is 18.3. The van der Waals surface area contributed by atoms with Crippen LogP contribution in [0.1, 0.15) is 194 Å². The SMILES string of the molecule is CC(C)(C)c1cc(CCC(=O)C2NCN(C(=O)CCc3cc(C(C)(C)C)c(O)c(C(C)(C)C)c3)CN2C(=O)CCc2cc(C(C)(C)C)c(O)c(C(C)(C)C)c2)cc(C(C)(C)C)c1O. The number of phenols is 3. The zero-order valence-electron chi connectivity index (χ0n) is 42.2. The van der Waals surface area contributed by atoms with Crippen LogP contribution in [0.3, 0.4) is 0 Å². The Balaban J connectivity index is 1.65. The van der Waals surface area contributed by atoms with Crippen LogP contribution < -0.4 is 5.32 Å². The van der Waals surface area contributed by atoms with Gasteiger partial charge in [-0.1, -0.05) is 161 Å². The summed E-state index contributed by atoms with van der Waals surface area (Å²) in [7, 11) is 0. The molecule has 3 aromatic carbocycles. The predicted molar refractivity (Wildman–Crippen MR) is 257 cm³/mol. The summed E-state index contributed by atoms with van der Waals surface area (Å²) in [5.74, 6) is 0.305. The molecule has 0 saturated carbocycles. The minimum atomic E-state index is -0.932. The Kier molecular flexibility index (Phi) is 14.9. The Morgan fingerprint density at radius 3 is 1.03 bits per heavy atom. The number of carbonyl (C=O) groups is 3. The molecule has 2 amide bonds. The number of hydrogen-bond donors (Lipinski definition) is 4. The van der Waals surface area contributed by atoms with E-state index in [2.05, 4.69) is 130 Å². The van der Waals surface area contributed by atoms with Gasteiger partial charge in [0.2, 0.25) is 11.8 Å². The van der Waals surface area contributed by atoms with E-state index in [-0.39, 0.29) is 94.2 Å². The van der Waals surface area contributed by atoms with Crippen molar-refractivity contribution in [3.8, 4) is 17.2 Å². The molecule has 4 rings (SSSR count). The lowest BCUT2D eigenvalue weighted by atomic mass is 9.78. The zero-order chi connectivity index (χ0) is 48.0. The predicted octanol–water partition coefficient (Wildman–Crippen LogP) is 10.9. The molecule has 348 valence electrons. The Bertz CT molecular complexity index is 2070. The van der Waals surface area contributed by atoms with Gasteiger partial charge in [-0.3, -0.25) is 19.7 Å². The van der Waals surface area contributed by atoms with Gasteiger partial charge in [-0.2, -0.15) is 0 Å². The van der Waals surface area contributed by atoms with Gasteiger partial charge in [-0.25, -0.2) is 0 Å². The fraction of sp³-hybridized carbons (Fsp3) is 0.611. The standard InChI is InChI=1S/C54H81N3O6/c1-49(2,3)36-25-33(26-37(45(36)61)50(4,5)6)19-22-42(58)48-55-31-56(43(59)23-20-34-27-38(51(7,8)9)46(62)39(28-34)52(10,11)12)32-57(48)44(60)24-21-35-29-40(53(13,14)15)47(63)41(30-35)54(16,17)18/h25-30,48,55,61-63H,19-24,31-32H2,1-18H3. The molecule has 1 aliphatic rings. The molecular formula is C54H81N3O6. The fourth-order valence-corrected chi connectivity index (χ4v) is 8.45. The summed E-state index contributed by atoms with van der Waals surface area (Å²) < 4.78 is 0. The maximum Gasteiger partial charge on any atom is 0.225 e. The quantitative estimate of drug-likeness (QED) is 0.160. The maximum atomic E-state index is 14.5. The highest BCUT2D eigenvalue weighted by molar-refractivity contribution is 5.90. The first-order chi connectivity index (χ1) is 28.5. The monoisotopic (exact) mass is 868 g/mol. The summed E-state index contributed by atoms with van der Waals surface area (Å²) in [4.78, 5) is 46.0.